The number of hydrogen-bond donors (Lipinski definition) is 0. The van der Waals surface area contributed by atoms with Crippen LogP contribution in [0.1, 0.15) is 23.1 Å². The van der Waals surface area contributed by atoms with Crippen LogP contribution in [0.3, 0.4) is 0 Å². The molecule has 0 radical (unpaired) electrons. The number of aryl methyl sites for hydroxylation is 1. The molecule has 6 heteroatoms. The third-order valence-corrected chi connectivity index (χ3v) is 3.77. The van der Waals surface area contributed by atoms with Gasteiger partial charge in [-0.25, -0.2) is 4.98 Å². The second-order valence-corrected chi connectivity index (χ2v) is 5.14. The number of carbonyl (C=O) groups excluding carboxylic acids is 1. The monoisotopic (exact) mass is 275 g/mol. The Balaban J connectivity index is 1.69. The summed E-state index contributed by atoms with van der Waals surface area (Å²) in [6, 6.07) is 7.94. The molecule has 5 nitrogen and oxygen atoms in total. The number of thioether (sulfide) groups is 1. The zero-order valence-electron chi connectivity index (χ0n) is 10.5. The lowest BCUT2D eigenvalue weighted by molar-refractivity contribution is 0.0922. The molecule has 3 rings (SSSR count). The van der Waals surface area contributed by atoms with Crippen LogP contribution in [0.15, 0.2) is 29.4 Å². The quantitative estimate of drug-likeness (QED) is 0.856. The predicted molar refractivity (Wildman–Crippen MR) is 71.5 cm³/mol. The first kappa shape index (κ1) is 12.2. The van der Waals surface area contributed by atoms with E-state index < -0.39 is 0 Å². The van der Waals surface area contributed by atoms with Crippen LogP contribution in [0.4, 0.5) is 0 Å². The van der Waals surface area contributed by atoms with Crippen molar-refractivity contribution in [2.45, 2.75) is 25.1 Å². The van der Waals surface area contributed by atoms with E-state index in [1.807, 2.05) is 18.2 Å². The van der Waals surface area contributed by atoms with Gasteiger partial charge in [0.2, 0.25) is 0 Å². The maximum Gasteiger partial charge on any atom is 0.259 e. The van der Waals surface area contributed by atoms with Crippen LogP contribution in [-0.2, 0) is 13.0 Å². The summed E-state index contributed by atoms with van der Waals surface area (Å²) in [5, 5.41) is 4.80. The smallest absolute Gasteiger partial charge is 0.259 e. The van der Waals surface area contributed by atoms with Gasteiger partial charge in [0.25, 0.3) is 5.91 Å². The second kappa shape index (κ2) is 5.05. The molecule has 1 aliphatic rings. The molecule has 1 aromatic carbocycles. The van der Waals surface area contributed by atoms with Crippen LogP contribution in [0.5, 0.6) is 5.75 Å². The lowest BCUT2D eigenvalue weighted by Crippen LogP contribution is -2.09. The number of hydrogen-bond acceptors (Lipinski definition) is 5. The highest BCUT2D eigenvalue weighted by Crippen LogP contribution is 2.23. The Hall–Kier alpha value is -1.82. The number of rotatable bonds is 4. The molecule has 0 N–H and O–H groups in total. The van der Waals surface area contributed by atoms with Gasteiger partial charge in [-0.15, -0.1) is 5.10 Å². The third-order valence-electron chi connectivity index (χ3n) is 2.86. The SMILES string of the molecule is CCc1cccc(OCc2nc3n(n2)C(=O)CS3)c1. The summed E-state index contributed by atoms with van der Waals surface area (Å²) in [5.74, 6) is 1.74. The average Bonchev–Trinajstić information content (AvgIpc) is 2.99. The molecule has 0 aliphatic carbocycles. The van der Waals surface area contributed by atoms with E-state index in [9.17, 15) is 4.79 Å². The first-order valence-electron chi connectivity index (χ1n) is 6.10. The molecule has 0 bridgehead atoms. The highest BCUT2D eigenvalue weighted by Gasteiger charge is 2.23. The molecule has 0 fully saturated rings. The first-order valence-corrected chi connectivity index (χ1v) is 7.08. The third kappa shape index (κ3) is 2.49. The van der Waals surface area contributed by atoms with Gasteiger partial charge in [0.1, 0.15) is 12.4 Å². The van der Waals surface area contributed by atoms with Crippen LogP contribution >= 0.6 is 11.8 Å². The number of carbonyl (C=O) groups is 1. The van der Waals surface area contributed by atoms with Crippen molar-refractivity contribution in [1.29, 1.82) is 0 Å². The lowest BCUT2D eigenvalue weighted by Gasteiger charge is -2.05. The molecule has 1 aliphatic heterocycles. The van der Waals surface area contributed by atoms with Crippen LogP contribution in [0.25, 0.3) is 0 Å². The van der Waals surface area contributed by atoms with Crippen molar-refractivity contribution in [2.24, 2.45) is 0 Å². The van der Waals surface area contributed by atoms with Gasteiger partial charge in [-0.2, -0.15) is 4.68 Å². The van der Waals surface area contributed by atoms with E-state index in [0.29, 0.717) is 16.7 Å². The molecule has 0 atom stereocenters. The van der Waals surface area contributed by atoms with E-state index in [2.05, 4.69) is 23.1 Å². The Bertz CT molecular complexity index is 624. The van der Waals surface area contributed by atoms with Crippen molar-refractivity contribution in [3.8, 4) is 5.75 Å². The van der Waals surface area contributed by atoms with E-state index in [1.165, 1.54) is 22.0 Å². The molecule has 1 aromatic heterocycles. The first-order chi connectivity index (χ1) is 9.26. The van der Waals surface area contributed by atoms with Gasteiger partial charge >= 0.3 is 0 Å². The van der Waals surface area contributed by atoms with Crippen molar-refractivity contribution >= 4 is 17.7 Å². The van der Waals surface area contributed by atoms with Crippen molar-refractivity contribution in [1.82, 2.24) is 14.8 Å². The van der Waals surface area contributed by atoms with Crippen molar-refractivity contribution in [3.05, 3.63) is 35.7 Å². The van der Waals surface area contributed by atoms with E-state index in [1.54, 1.807) is 0 Å². The Kier molecular flexibility index (Phi) is 3.25. The van der Waals surface area contributed by atoms with Gasteiger partial charge in [0, 0.05) is 0 Å². The summed E-state index contributed by atoms with van der Waals surface area (Å²) < 4.78 is 7.00. The Labute approximate surface area is 115 Å². The van der Waals surface area contributed by atoms with Crippen LogP contribution in [0, 0.1) is 0 Å². The molecule has 2 aromatic rings. The normalized spacial score (nSPS) is 13.6. The Morgan fingerprint density at radius 3 is 3.16 bits per heavy atom. The molecule has 0 amide bonds. The van der Waals surface area contributed by atoms with E-state index >= 15 is 0 Å². The number of benzene rings is 1. The largest absolute Gasteiger partial charge is 0.486 e. The van der Waals surface area contributed by atoms with Gasteiger partial charge < -0.3 is 4.74 Å². The summed E-state index contributed by atoms with van der Waals surface area (Å²) in [4.78, 5) is 15.7. The summed E-state index contributed by atoms with van der Waals surface area (Å²) in [6.45, 7) is 2.38. The minimum atomic E-state index is -0.0215. The fourth-order valence-electron chi connectivity index (χ4n) is 1.85. The van der Waals surface area contributed by atoms with Crippen molar-refractivity contribution < 1.29 is 9.53 Å². The minimum Gasteiger partial charge on any atom is -0.486 e. The molecule has 0 spiro atoms. The number of aromatic nitrogens is 3. The summed E-state index contributed by atoms with van der Waals surface area (Å²) in [6.07, 6.45) is 0.972. The maximum atomic E-state index is 11.4. The lowest BCUT2D eigenvalue weighted by atomic mass is 10.2. The summed E-state index contributed by atoms with van der Waals surface area (Å²) in [5.41, 5.74) is 1.23. The number of ether oxygens (including phenoxy) is 1. The van der Waals surface area contributed by atoms with Crippen LogP contribution < -0.4 is 4.74 Å². The van der Waals surface area contributed by atoms with Gasteiger partial charge in [0.05, 0.1) is 5.75 Å². The van der Waals surface area contributed by atoms with Gasteiger partial charge in [0.15, 0.2) is 11.0 Å². The molecule has 0 unspecified atom stereocenters. The van der Waals surface area contributed by atoms with Crippen LogP contribution in [0.2, 0.25) is 0 Å². The predicted octanol–water partition coefficient (Wildman–Crippen LogP) is 2.17. The molecule has 0 saturated heterocycles. The minimum absolute atomic E-state index is 0.0215. The summed E-state index contributed by atoms with van der Waals surface area (Å²) in [7, 11) is 0. The van der Waals surface area contributed by atoms with Crippen molar-refractivity contribution in [3.63, 3.8) is 0 Å². The van der Waals surface area contributed by atoms with Crippen molar-refractivity contribution in [2.75, 3.05) is 5.75 Å². The Morgan fingerprint density at radius 1 is 1.47 bits per heavy atom. The van der Waals surface area contributed by atoms with E-state index in [4.69, 9.17) is 4.74 Å². The second-order valence-electron chi connectivity index (χ2n) is 4.19. The van der Waals surface area contributed by atoms with Gasteiger partial charge in [-0.05, 0) is 24.1 Å². The van der Waals surface area contributed by atoms with Gasteiger partial charge in [-0.3, -0.25) is 4.79 Å². The Morgan fingerprint density at radius 2 is 2.37 bits per heavy atom. The summed E-state index contributed by atoms with van der Waals surface area (Å²) >= 11 is 1.41. The zero-order valence-corrected chi connectivity index (χ0v) is 11.3. The molecule has 0 saturated carbocycles. The highest BCUT2D eigenvalue weighted by atomic mass is 32.2. The standard InChI is InChI=1S/C13H13N3O2S/c1-2-9-4-3-5-10(6-9)18-7-11-14-13-16(15-11)12(17)8-19-13/h3-6H,2,7-8H2,1H3. The zero-order chi connectivity index (χ0) is 13.2. The fraction of sp³-hybridized carbons (Fsp3) is 0.308. The molecular weight excluding hydrogens is 262 g/mol. The number of fused-ring (bicyclic) bond motifs is 1. The van der Waals surface area contributed by atoms with E-state index in [-0.39, 0.29) is 12.5 Å². The molecular formula is C13H13N3O2S. The van der Waals surface area contributed by atoms with E-state index in [0.717, 1.165) is 12.2 Å². The fourth-order valence-corrected chi connectivity index (χ4v) is 2.66. The molecule has 2 heterocycles. The van der Waals surface area contributed by atoms with Gasteiger partial charge in [-0.1, -0.05) is 30.8 Å². The molecule has 98 valence electrons. The average molecular weight is 275 g/mol. The number of nitrogens with zero attached hydrogens (tertiary/aromatic N) is 3. The molecule has 19 heavy (non-hydrogen) atoms. The maximum absolute atomic E-state index is 11.4. The highest BCUT2D eigenvalue weighted by molar-refractivity contribution is 8.00. The van der Waals surface area contributed by atoms with Crippen LogP contribution in [-0.4, -0.2) is 26.4 Å². The topological polar surface area (TPSA) is 57.0 Å².